The molecule has 0 radical (unpaired) electrons. The number of carbonyl (C=O) groups excluding carboxylic acids is 2. The maximum absolute atomic E-state index is 12.7. The summed E-state index contributed by atoms with van der Waals surface area (Å²) in [5.74, 6) is -0.580. The third-order valence-electron chi connectivity index (χ3n) is 3.13. The fourth-order valence-electron chi connectivity index (χ4n) is 2.01. The lowest BCUT2D eigenvalue weighted by Gasteiger charge is -2.32. The summed E-state index contributed by atoms with van der Waals surface area (Å²) in [6.07, 6.45) is -0.700. The number of esters is 1. The first-order chi connectivity index (χ1) is 11.8. The molecule has 0 bridgehead atoms. The Bertz CT molecular complexity index is 601. The third-order valence-corrected chi connectivity index (χ3v) is 3.13. The molecule has 1 aromatic carbocycles. The molecule has 0 aliphatic heterocycles. The maximum Gasteiger partial charge on any atom is 0.408 e. The van der Waals surface area contributed by atoms with Crippen LogP contribution in [0.5, 0.6) is 0 Å². The van der Waals surface area contributed by atoms with Crippen LogP contribution >= 0.6 is 0 Å². The minimum Gasteiger partial charge on any atom is -0.458 e. The average Bonchev–Trinajstić information content (AvgIpc) is 2.44. The summed E-state index contributed by atoms with van der Waals surface area (Å²) in [5, 5.41) is 2.60. The van der Waals surface area contributed by atoms with Crippen LogP contribution in [0.15, 0.2) is 30.3 Å². The molecular formula is C20H31NO5. The zero-order chi connectivity index (χ0) is 20.0. The van der Waals surface area contributed by atoms with E-state index in [-0.39, 0.29) is 6.61 Å². The number of amides is 1. The van der Waals surface area contributed by atoms with Gasteiger partial charge in [-0.2, -0.15) is 0 Å². The molecule has 0 aliphatic carbocycles. The van der Waals surface area contributed by atoms with Gasteiger partial charge in [0.05, 0.1) is 13.2 Å². The Hall–Kier alpha value is -2.08. The molecule has 6 heteroatoms. The standard InChI is InChI=1S/C20H31NO5/c1-18(2,3)25-16(22)20(7,21-17(23)26-19(4,5)6)14-24-13-15-11-9-8-10-12-15/h8-12H,13-14H2,1-7H3,(H,21,23). The van der Waals surface area contributed by atoms with Gasteiger partial charge in [0.1, 0.15) is 11.2 Å². The lowest BCUT2D eigenvalue weighted by molar-refractivity contribution is -0.165. The molecule has 0 heterocycles. The van der Waals surface area contributed by atoms with Gasteiger partial charge in [-0.25, -0.2) is 9.59 Å². The summed E-state index contributed by atoms with van der Waals surface area (Å²) in [5.41, 5.74) is -1.77. The fraction of sp³-hybridized carbons (Fsp3) is 0.600. The van der Waals surface area contributed by atoms with Gasteiger partial charge in [0.15, 0.2) is 5.54 Å². The number of alkyl carbamates (subject to hydrolysis) is 1. The molecule has 1 amide bonds. The van der Waals surface area contributed by atoms with Gasteiger partial charge in [-0.05, 0) is 54.0 Å². The predicted octanol–water partition coefficient (Wildman–Crippen LogP) is 3.83. The fourth-order valence-corrected chi connectivity index (χ4v) is 2.01. The zero-order valence-corrected chi connectivity index (χ0v) is 16.8. The van der Waals surface area contributed by atoms with Crippen LogP contribution in [-0.2, 0) is 25.6 Å². The molecule has 1 atom stereocenters. The van der Waals surface area contributed by atoms with Gasteiger partial charge in [0.2, 0.25) is 0 Å². The maximum atomic E-state index is 12.7. The lowest BCUT2D eigenvalue weighted by atomic mass is 10.0. The monoisotopic (exact) mass is 365 g/mol. The highest BCUT2D eigenvalue weighted by atomic mass is 16.6. The Morgan fingerprint density at radius 3 is 1.92 bits per heavy atom. The average molecular weight is 365 g/mol. The molecular weight excluding hydrogens is 334 g/mol. The van der Waals surface area contributed by atoms with Crippen LogP contribution < -0.4 is 5.32 Å². The Labute approximate surface area is 156 Å². The van der Waals surface area contributed by atoms with Crippen molar-refractivity contribution in [1.29, 1.82) is 0 Å². The Kier molecular flexibility index (Phi) is 7.21. The summed E-state index contributed by atoms with van der Waals surface area (Å²) in [7, 11) is 0. The van der Waals surface area contributed by atoms with E-state index in [9.17, 15) is 9.59 Å². The smallest absolute Gasteiger partial charge is 0.408 e. The Morgan fingerprint density at radius 1 is 0.885 bits per heavy atom. The van der Waals surface area contributed by atoms with E-state index in [1.54, 1.807) is 48.5 Å². The number of nitrogens with one attached hydrogen (secondary N) is 1. The van der Waals surface area contributed by atoms with Crippen molar-refractivity contribution in [3.05, 3.63) is 35.9 Å². The van der Waals surface area contributed by atoms with Crippen molar-refractivity contribution in [1.82, 2.24) is 5.32 Å². The second-order valence-electron chi connectivity index (χ2n) is 8.44. The van der Waals surface area contributed by atoms with Crippen LogP contribution in [-0.4, -0.2) is 35.4 Å². The molecule has 146 valence electrons. The molecule has 0 aromatic heterocycles. The SMILES string of the molecule is CC(C)(C)OC(=O)NC(C)(COCc1ccccc1)C(=O)OC(C)(C)C. The quantitative estimate of drug-likeness (QED) is 0.776. The van der Waals surface area contributed by atoms with E-state index in [2.05, 4.69) is 5.32 Å². The minimum absolute atomic E-state index is 0.0456. The number of carbonyl (C=O) groups is 2. The third kappa shape index (κ3) is 8.34. The van der Waals surface area contributed by atoms with Crippen LogP contribution in [0, 0.1) is 0 Å². The molecule has 1 unspecified atom stereocenters. The van der Waals surface area contributed by atoms with Crippen LogP contribution in [0.25, 0.3) is 0 Å². The van der Waals surface area contributed by atoms with Gasteiger partial charge in [-0.15, -0.1) is 0 Å². The van der Waals surface area contributed by atoms with Gasteiger partial charge in [-0.1, -0.05) is 30.3 Å². The van der Waals surface area contributed by atoms with Crippen molar-refractivity contribution >= 4 is 12.1 Å². The van der Waals surface area contributed by atoms with Gasteiger partial charge < -0.3 is 19.5 Å². The second-order valence-corrected chi connectivity index (χ2v) is 8.44. The van der Waals surface area contributed by atoms with E-state index in [1.165, 1.54) is 0 Å². The van der Waals surface area contributed by atoms with E-state index >= 15 is 0 Å². The molecule has 6 nitrogen and oxygen atoms in total. The highest BCUT2D eigenvalue weighted by molar-refractivity contribution is 5.85. The van der Waals surface area contributed by atoms with Crippen molar-refractivity contribution in [2.24, 2.45) is 0 Å². The first kappa shape index (κ1) is 22.0. The lowest BCUT2D eigenvalue weighted by Crippen LogP contribution is -2.58. The van der Waals surface area contributed by atoms with Crippen molar-refractivity contribution in [2.45, 2.75) is 71.8 Å². The number of rotatable bonds is 6. The number of hydrogen-bond donors (Lipinski definition) is 1. The largest absolute Gasteiger partial charge is 0.458 e. The van der Waals surface area contributed by atoms with Crippen LogP contribution in [0.3, 0.4) is 0 Å². The summed E-state index contributed by atoms with van der Waals surface area (Å²) < 4.78 is 16.4. The second kappa shape index (κ2) is 8.54. The molecule has 0 fully saturated rings. The van der Waals surface area contributed by atoms with Crippen molar-refractivity contribution in [2.75, 3.05) is 6.61 Å². The predicted molar refractivity (Wildman–Crippen MR) is 99.7 cm³/mol. The molecule has 0 saturated carbocycles. The van der Waals surface area contributed by atoms with E-state index in [4.69, 9.17) is 14.2 Å². The molecule has 0 saturated heterocycles. The summed E-state index contributed by atoms with van der Waals surface area (Å²) in [4.78, 5) is 24.8. The van der Waals surface area contributed by atoms with E-state index in [0.29, 0.717) is 6.61 Å². The molecule has 1 N–H and O–H groups in total. The Balaban J connectivity index is 2.82. The minimum atomic E-state index is -1.37. The van der Waals surface area contributed by atoms with Gasteiger partial charge in [0, 0.05) is 0 Å². The normalized spacial score (nSPS) is 14.3. The van der Waals surface area contributed by atoms with Crippen molar-refractivity contribution < 1.29 is 23.8 Å². The number of hydrogen-bond acceptors (Lipinski definition) is 5. The van der Waals surface area contributed by atoms with E-state index in [0.717, 1.165) is 5.56 Å². The molecule has 26 heavy (non-hydrogen) atoms. The van der Waals surface area contributed by atoms with Gasteiger partial charge in [-0.3, -0.25) is 0 Å². The molecule has 0 spiro atoms. The van der Waals surface area contributed by atoms with Crippen LogP contribution in [0.1, 0.15) is 54.0 Å². The highest BCUT2D eigenvalue weighted by Crippen LogP contribution is 2.17. The van der Waals surface area contributed by atoms with Crippen LogP contribution in [0.2, 0.25) is 0 Å². The van der Waals surface area contributed by atoms with Gasteiger partial charge >= 0.3 is 12.1 Å². The first-order valence-corrected chi connectivity index (χ1v) is 8.67. The first-order valence-electron chi connectivity index (χ1n) is 8.67. The number of benzene rings is 1. The summed E-state index contributed by atoms with van der Waals surface area (Å²) in [6, 6.07) is 9.58. The van der Waals surface area contributed by atoms with E-state index in [1.807, 2.05) is 30.3 Å². The molecule has 0 aliphatic rings. The van der Waals surface area contributed by atoms with Crippen molar-refractivity contribution in [3.63, 3.8) is 0 Å². The van der Waals surface area contributed by atoms with Crippen molar-refractivity contribution in [3.8, 4) is 0 Å². The molecule has 1 aromatic rings. The number of ether oxygens (including phenoxy) is 3. The highest BCUT2D eigenvalue weighted by Gasteiger charge is 2.40. The topological polar surface area (TPSA) is 73.9 Å². The Morgan fingerprint density at radius 2 is 1.42 bits per heavy atom. The van der Waals surface area contributed by atoms with E-state index < -0.39 is 28.8 Å². The molecule has 1 rings (SSSR count). The van der Waals surface area contributed by atoms with Crippen LogP contribution in [0.4, 0.5) is 4.79 Å². The summed E-state index contributed by atoms with van der Waals surface area (Å²) >= 11 is 0. The van der Waals surface area contributed by atoms with Gasteiger partial charge in [0.25, 0.3) is 0 Å². The zero-order valence-electron chi connectivity index (χ0n) is 16.8. The summed E-state index contributed by atoms with van der Waals surface area (Å²) in [6.45, 7) is 12.4.